The van der Waals surface area contributed by atoms with Crippen molar-refractivity contribution in [2.24, 2.45) is 0 Å². The number of hydrogen-bond donors (Lipinski definition) is 1. The summed E-state index contributed by atoms with van der Waals surface area (Å²) < 4.78 is 45.2. The lowest BCUT2D eigenvalue weighted by Crippen LogP contribution is -2.31. The van der Waals surface area contributed by atoms with Gasteiger partial charge in [0.15, 0.2) is 0 Å². The topological polar surface area (TPSA) is 64.6 Å². The van der Waals surface area contributed by atoms with Crippen LogP contribution >= 0.6 is 0 Å². The first-order chi connectivity index (χ1) is 10.2. The second-order valence-electron chi connectivity index (χ2n) is 4.53. The number of anilines is 1. The highest BCUT2D eigenvalue weighted by Gasteiger charge is 2.30. The molecule has 8 heteroatoms. The van der Waals surface area contributed by atoms with E-state index in [1.807, 2.05) is 0 Å². The molecule has 0 aromatic heterocycles. The largest absolute Gasteiger partial charge is 0.465 e. The molecule has 0 spiro atoms. The average Bonchev–Trinajstić information content (AvgIpc) is 2.45. The fraction of sp³-hybridized carbons (Fsp3) is 0.429. The molecule has 0 fully saturated rings. The molecular weight excluding hydrogens is 303 g/mol. The minimum absolute atomic E-state index is 0.254. The monoisotopic (exact) mass is 319 g/mol. The van der Waals surface area contributed by atoms with Gasteiger partial charge in [-0.15, -0.1) is 0 Å². The molecular formula is C14H16F3NO4. The molecule has 1 aromatic rings. The van der Waals surface area contributed by atoms with Crippen LogP contribution in [0.15, 0.2) is 18.2 Å². The predicted molar refractivity (Wildman–Crippen MR) is 72.6 cm³/mol. The lowest BCUT2D eigenvalue weighted by molar-refractivity contribution is -0.184. The van der Waals surface area contributed by atoms with Crippen molar-refractivity contribution in [3.05, 3.63) is 29.3 Å². The Bertz CT molecular complexity index is 558. The van der Waals surface area contributed by atoms with Crippen LogP contribution < -0.4 is 5.32 Å². The maximum atomic E-state index is 12.0. The lowest BCUT2D eigenvalue weighted by Gasteiger charge is -2.16. The van der Waals surface area contributed by atoms with Crippen molar-refractivity contribution in [1.29, 1.82) is 0 Å². The van der Waals surface area contributed by atoms with Gasteiger partial charge in [-0.3, -0.25) is 4.79 Å². The zero-order valence-corrected chi connectivity index (χ0v) is 12.3. The van der Waals surface area contributed by atoms with Gasteiger partial charge >= 0.3 is 12.1 Å². The maximum Gasteiger partial charge on any atom is 0.411 e. The summed E-state index contributed by atoms with van der Waals surface area (Å²) in [5.74, 6) is -1.32. The van der Waals surface area contributed by atoms with Gasteiger partial charge in [-0.2, -0.15) is 13.2 Å². The average molecular weight is 319 g/mol. The van der Waals surface area contributed by atoms with Gasteiger partial charge in [0.05, 0.1) is 12.7 Å². The summed E-state index contributed by atoms with van der Waals surface area (Å²) in [6, 6.07) is 4.56. The van der Waals surface area contributed by atoms with Crippen LogP contribution in [0.1, 0.15) is 22.8 Å². The summed E-state index contributed by atoms with van der Waals surface area (Å²) in [7, 11) is 1.22. The van der Waals surface area contributed by atoms with Crippen molar-refractivity contribution >= 4 is 17.6 Å². The summed E-state index contributed by atoms with van der Waals surface area (Å²) in [5.41, 5.74) is 1.00. The number of ether oxygens (including phenoxy) is 2. The Morgan fingerprint density at radius 1 is 1.32 bits per heavy atom. The third-order valence-corrected chi connectivity index (χ3v) is 2.86. The number of alkyl halides is 3. The minimum atomic E-state index is -4.50. The summed E-state index contributed by atoms with van der Waals surface area (Å²) in [6.07, 6.45) is -5.79. The molecule has 0 heterocycles. The van der Waals surface area contributed by atoms with Crippen molar-refractivity contribution in [3.63, 3.8) is 0 Å². The standard InChI is InChI=1S/C14H16F3NO4/c1-8-10(13(20)21-3)5-4-6-11(8)18-12(19)9(2)22-7-14(15,16)17/h4-6,9H,7H2,1-3H3,(H,18,19). The molecule has 5 nitrogen and oxygen atoms in total. The molecule has 1 rings (SSSR count). The van der Waals surface area contributed by atoms with E-state index in [2.05, 4.69) is 14.8 Å². The quantitative estimate of drug-likeness (QED) is 0.848. The summed E-state index contributed by atoms with van der Waals surface area (Å²) in [5, 5.41) is 2.43. The number of nitrogens with one attached hydrogen (secondary N) is 1. The van der Waals surface area contributed by atoms with E-state index in [0.29, 0.717) is 11.3 Å². The van der Waals surface area contributed by atoms with Crippen LogP contribution in [0.2, 0.25) is 0 Å². The van der Waals surface area contributed by atoms with E-state index in [9.17, 15) is 22.8 Å². The Morgan fingerprint density at radius 3 is 2.50 bits per heavy atom. The number of amides is 1. The van der Waals surface area contributed by atoms with Crippen LogP contribution in [0.25, 0.3) is 0 Å². The van der Waals surface area contributed by atoms with Crippen molar-refractivity contribution in [2.45, 2.75) is 26.1 Å². The fourth-order valence-corrected chi connectivity index (χ4v) is 1.63. The fourth-order valence-electron chi connectivity index (χ4n) is 1.63. The first kappa shape index (κ1) is 18.0. The maximum absolute atomic E-state index is 12.0. The lowest BCUT2D eigenvalue weighted by atomic mass is 10.1. The third-order valence-electron chi connectivity index (χ3n) is 2.86. The van der Waals surface area contributed by atoms with Crippen molar-refractivity contribution in [1.82, 2.24) is 0 Å². The van der Waals surface area contributed by atoms with Crippen LogP contribution in [-0.2, 0) is 14.3 Å². The smallest absolute Gasteiger partial charge is 0.411 e. The van der Waals surface area contributed by atoms with Crippen molar-refractivity contribution in [2.75, 3.05) is 19.0 Å². The second-order valence-corrected chi connectivity index (χ2v) is 4.53. The van der Waals surface area contributed by atoms with Gasteiger partial charge in [0.25, 0.3) is 5.91 Å². The number of halogens is 3. The van der Waals surface area contributed by atoms with Gasteiger partial charge in [-0.1, -0.05) is 6.07 Å². The molecule has 0 saturated heterocycles. The molecule has 1 amide bonds. The van der Waals surface area contributed by atoms with Gasteiger partial charge in [-0.25, -0.2) is 4.79 Å². The van der Waals surface area contributed by atoms with Crippen LogP contribution in [0, 0.1) is 6.92 Å². The minimum Gasteiger partial charge on any atom is -0.465 e. The highest BCUT2D eigenvalue weighted by Crippen LogP contribution is 2.20. The summed E-state index contributed by atoms with van der Waals surface area (Å²) in [4.78, 5) is 23.3. The molecule has 0 saturated carbocycles. The molecule has 22 heavy (non-hydrogen) atoms. The number of rotatable bonds is 5. The summed E-state index contributed by atoms with van der Waals surface area (Å²) in [6.45, 7) is 1.28. The van der Waals surface area contributed by atoms with E-state index in [0.717, 1.165) is 0 Å². The zero-order valence-electron chi connectivity index (χ0n) is 12.3. The molecule has 1 N–H and O–H groups in total. The highest BCUT2D eigenvalue weighted by atomic mass is 19.4. The zero-order chi connectivity index (χ0) is 16.9. The first-order valence-corrected chi connectivity index (χ1v) is 6.33. The number of carbonyl (C=O) groups is 2. The van der Waals surface area contributed by atoms with Crippen LogP contribution in [0.3, 0.4) is 0 Å². The first-order valence-electron chi connectivity index (χ1n) is 6.33. The van der Waals surface area contributed by atoms with Crippen molar-refractivity contribution < 1.29 is 32.2 Å². The molecule has 0 bridgehead atoms. The summed E-state index contributed by atoms with van der Waals surface area (Å²) >= 11 is 0. The van der Waals surface area contributed by atoms with E-state index in [1.54, 1.807) is 6.92 Å². The predicted octanol–water partition coefficient (Wildman–Crippen LogP) is 2.69. The second kappa shape index (κ2) is 7.26. The number of carbonyl (C=O) groups excluding carboxylic acids is 2. The highest BCUT2D eigenvalue weighted by molar-refractivity contribution is 5.98. The molecule has 0 aliphatic carbocycles. The normalized spacial score (nSPS) is 12.6. The van der Waals surface area contributed by atoms with Crippen LogP contribution in [0.5, 0.6) is 0 Å². The van der Waals surface area contributed by atoms with E-state index < -0.39 is 30.8 Å². The van der Waals surface area contributed by atoms with Gasteiger partial charge < -0.3 is 14.8 Å². The Labute approximate surface area is 125 Å². The molecule has 1 unspecified atom stereocenters. The van der Waals surface area contributed by atoms with Gasteiger partial charge in [0, 0.05) is 5.69 Å². The van der Waals surface area contributed by atoms with Crippen LogP contribution in [-0.4, -0.2) is 37.9 Å². The van der Waals surface area contributed by atoms with E-state index in [1.165, 1.54) is 32.2 Å². The molecule has 122 valence electrons. The molecule has 0 aliphatic rings. The number of esters is 1. The Kier molecular flexibility index (Phi) is 5.92. The molecule has 0 radical (unpaired) electrons. The van der Waals surface area contributed by atoms with Gasteiger partial charge in [-0.05, 0) is 31.5 Å². The number of benzene rings is 1. The van der Waals surface area contributed by atoms with Crippen molar-refractivity contribution in [3.8, 4) is 0 Å². The molecule has 1 aromatic carbocycles. The van der Waals surface area contributed by atoms with E-state index >= 15 is 0 Å². The van der Waals surface area contributed by atoms with Gasteiger partial charge in [0.1, 0.15) is 12.7 Å². The Morgan fingerprint density at radius 2 is 1.95 bits per heavy atom. The Hall–Kier alpha value is -2.09. The van der Waals surface area contributed by atoms with E-state index in [4.69, 9.17) is 0 Å². The van der Waals surface area contributed by atoms with E-state index in [-0.39, 0.29) is 5.56 Å². The molecule has 1 atom stereocenters. The SMILES string of the molecule is COC(=O)c1cccc(NC(=O)C(C)OCC(F)(F)F)c1C. The number of methoxy groups -OCH3 is 1. The number of hydrogen-bond acceptors (Lipinski definition) is 4. The van der Waals surface area contributed by atoms with Crippen LogP contribution in [0.4, 0.5) is 18.9 Å². The van der Waals surface area contributed by atoms with Gasteiger partial charge in [0.2, 0.25) is 0 Å². The molecule has 0 aliphatic heterocycles. The third kappa shape index (κ3) is 5.03. The Balaban J connectivity index is 2.78.